The molecule has 0 atom stereocenters. The molecule has 4 heteroatoms. The number of hydrogen-bond acceptors (Lipinski definition) is 3. The van der Waals surface area contributed by atoms with Crippen LogP contribution in [0.1, 0.15) is 16.2 Å². The van der Waals surface area contributed by atoms with Gasteiger partial charge in [-0.05, 0) is 6.92 Å². The van der Waals surface area contributed by atoms with Crippen molar-refractivity contribution in [1.29, 1.82) is 0 Å². The molecule has 0 saturated heterocycles. The van der Waals surface area contributed by atoms with Crippen molar-refractivity contribution in [2.75, 3.05) is 0 Å². The quantitative estimate of drug-likeness (QED) is 0.575. The lowest BCUT2D eigenvalue weighted by molar-refractivity contribution is 0.111. The predicted octanol–water partition coefficient (Wildman–Crippen LogP) is 1.25. The zero-order valence-corrected chi connectivity index (χ0v) is 6.09. The number of rotatable bonds is 1. The van der Waals surface area contributed by atoms with Gasteiger partial charge >= 0.3 is 0 Å². The minimum absolute atomic E-state index is 0.153. The Labute approximate surface area is 63.1 Å². The van der Waals surface area contributed by atoms with E-state index in [1.54, 1.807) is 6.92 Å². The SMILES string of the molecule is Cc1cnc(Cl)c(C=O)n1. The summed E-state index contributed by atoms with van der Waals surface area (Å²) >= 11 is 5.49. The van der Waals surface area contributed by atoms with Crippen LogP contribution < -0.4 is 0 Å². The van der Waals surface area contributed by atoms with E-state index >= 15 is 0 Å². The second kappa shape index (κ2) is 2.75. The van der Waals surface area contributed by atoms with Crippen molar-refractivity contribution in [3.8, 4) is 0 Å². The first-order chi connectivity index (χ1) is 4.74. The Morgan fingerprint density at radius 2 is 2.40 bits per heavy atom. The molecular weight excluding hydrogens is 152 g/mol. The summed E-state index contributed by atoms with van der Waals surface area (Å²) in [7, 11) is 0. The van der Waals surface area contributed by atoms with Crippen molar-refractivity contribution in [1.82, 2.24) is 9.97 Å². The van der Waals surface area contributed by atoms with E-state index in [0.29, 0.717) is 12.0 Å². The summed E-state index contributed by atoms with van der Waals surface area (Å²) in [4.78, 5) is 17.7. The lowest BCUT2D eigenvalue weighted by Crippen LogP contribution is -1.93. The minimum Gasteiger partial charge on any atom is -0.296 e. The fourth-order valence-corrected chi connectivity index (χ4v) is 0.692. The Bertz CT molecular complexity index is 262. The maximum absolute atomic E-state index is 10.2. The molecule has 0 aliphatic heterocycles. The molecule has 1 aromatic rings. The van der Waals surface area contributed by atoms with Crippen molar-refractivity contribution >= 4 is 17.9 Å². The van der Waals surface area contributed by atoms with Crippen LogP contribution >= 0.6 is 11.6 Å². The van der Waals surface area contributed by atoms with Crippen molar-refractivity contribution in [3.05, 3.63) is 22.7 Å². The summed E-state index contributed by atoms with van der Waals surface area (Å²) in [6, 6.07) is 0. The normalized spacial score (nSPS) is 9.40. The maximum Gasteiger partial charge on any atom is 0.171 e. The molecule has 0 saturated carbocycles. The summed E-state index contributed by atoms with van der Waals surface area (Å²) in [6.45, 7) is 1.75. The topological polar surface area (TPSA) is 42.9 Å². The summed E-state index contributed by atoms with van der Waals surface area (Å²) in [5.41, 5.74) is 0.883. The number of carbonyl (C=O) groups excluding carboxylic acids is 1. The third-order valence-electron chi connectivity index (χ3n) is 0.985. The molecule has 52 valence electrons. The Kier molecular flexibility index (Phi) is 1.97. The minimum atomic E-state index is 0.153. The molecule has 1 heterocycles. The average molecular weight is 157 g/mol. The van der Waals surface area contributed by atoms with Gasteiger partial charge in [-0.25, -0.2) is 9.97 Å². The van der Waals surface area contributed by atoms with Crippen molar-refractivity contribution in [2.24, 2.45) is 0 Å². The first kappa shape index (κ1) is 7.15. The van der Waals surface area contributed by atoms with Crippen LogP contribution in [0.15, 0.2) is 6.20 Å². The monoisotopic (exact) mass is 156 g/mol. The van der Waals surface area contributed by atoms with Gasteiger partial charge in [0.1, 0.15) is 5.69 Å². The Balaban J connectivity index is 3.21. The van der Waals surface area contributed by atoms with Crippen LogP contribution in [-0.4, -0.2) is 16.3 Å². The van der Waals surface area contributed by atoms with E-state index in [1.165, 1.54) is 6.20 Å². The molecule has 10 heavy (non-hydrogen) atoms. The Morgan fingerprint density at radius 3 is 2.90 bits per heavy atom. The summed E-state index contributed by atoms with van der Waals surface area (Å²) < 4.78 is 0. The van der Waals surface area contributed by atoms with Crippen molar-refractivity contribution in [2.45, 2.75) is 6.92 Å². The summed E-state index contributed by atoms with van der Waals surface area (Å²) in [6.07, 6.45) is 2.09. The second-order valence-corrected chi connectivity index (χ2v) is 2.16. The van der Waals surface area contributed by atoms with E-state index in [-0.39, 0.29) is 10.8 Å². The number of hydrogen-bond donors (Lipinski definition) is 0. The molecular formula is C6H5ClN2O. The summed E-state index contributed by atoms with van der Waals surface area (Å²) in [5.74, 6) is 0. The average Bonchev–Trinajstić information content (AvgIpc) is 1.94. The highest BCUT2D eigenvalue weighted by atomic mass is 35.5. The number of carbonyl (C=O) groups is 1. The molecule has 0 aliphatic rings. The van der Waals surface area contributed by atoms with Crippen LogP contribution in [0.5, 0.6) is 0 Å². The van der Waals surface area contributed by atoms with Crippen LogP contribution in [0.25, 0.3) is 0 Å². The standard InChI is InChI=1S/C6H5ClN2O/c1-4-2-8-6(7)5(3-10)9-4/h2-3H,1H3. The van der Waals surface area contributed by atoms with Gasteiger partial charge in [0.25, 0.3) is 0 Å². The number of aromatic nitrogens is 2. The van der Waals surface area contributed by atoms with Crippen LogP contribution in [0.2, 0.25) is 5.15 Å². The van der Waals surface area contributed by atoms with Crippen LogP contribution in [-0.2, 0) is 0 Å². The number of aryl methyl sites for hydroxylation is 1. The number of nitrogens with zero attached hydrogens (tertiary/aromatic N) is 2. The van der Waals surface area contributed by atoms with Gasteiger partial charge in [-0.1, -0.05) is 11.6 Å². The fourth-order valence-electron chi connectivity index (χ4n) is 0.556. The van der Waals surface area contributed by atoms with Gasteiger partial charge in [0.2, 0.25) is 0 Å². The first-order valence-corrected chi connectivity index (χ1v) is 3.06. The lowest BCUT2D eigenvalue weighted by Gasteiger charge is -1.93. The highest BCUT2D eigenvalue weighted by molar-refractivity contribution is 6.31. The maximum atomic E-state index is 10.2. The Morgan fingerprint density at radius 1 is 1.70 bits per heavy atom. The molecule has 0 bridgehead atoms. The third-order valence-corrected chi connectivity index (χ3v) is 1.28. The van der Waals surface area contributed by atoms with Gasteiger partial charge in [-0.3, -0.25) is 4.79 Å². The Hall–Kier alpha value is -0.960. The number of aldehydes is 1. The molecule has 0 aliphatic carbocycles. The van der Waals surface area contributed by atoms with E-state index in [4.69, 9.17) is 11.6 Å². The molecule has 0 spiro atoms. The number of halogens is 1. The third kappa shape index (κ3) is 1.30. The second-order valence-electron chi connectivity index (χ2n) is 1.81. The molecule has 1 aromatic heterocycles. The summed E-state index contributed by atoms with van der Waals surface area (Å²) in [5, 5.41) is 0.153. The molecule has 1 rings (SSSR count). The molecule has 3 nitrogen and oxygen atoms in total. The van der Waals surface area contributed by atoms with Crippen LogP contribution in [0, 0.1) is 6.92 Å². The van der Waals surface area contributed by atoms with E-state index in [2.05, 4.69) is 9.97 Å². The predicted molar refractivity (Wildman–Crippen MR) is 37.2 cm³/mol. The van der Waals surface area contributed by atoms with Gasteiger partial charge in [0.15, 0.2) is 11.4 Å². The van der Waals surface area contributed by atoms with Gasteiger partial charge < -0.3 is 0 Å². The van der Waals surface area contributed by atoms with Crippen molar-refractivity contribution in [3.63, 3.8) is 0 Å². The molecule has 0 amide bonds. The molecule has 0 fully saturated rings. The van der Waals surface area contributed by atoms with Crippen LogP contribution in [0.3, 0.4) is 0 Å². The smallest absolute Gasteiger partial charge is 0.171 e. The largest absolute Gasteiger partial charge is 0.296 e. The molecule has 0 radical (unpaired) electrons. The molecule has 0 aromatic carbocycles. The van der Waals surface area contributed by atoms with E-state index in [9.17, 15) is 4.79 Å². The van der Waals surface area contributed by atoms with Gasteiger partial charge in [0.05, 0.1) is 5.69 Å². The zero-order valence-electron chi connectivity index (χ0n) is 5.34. The zero-order chi connectivity index (χ0) is 7.56. The van der Waals surface area contributed by atoms with E-state index in [0.717, 1.165) is 0 Å². The van der Waals surface area contributed by atoms with Crippen LogP contribution in [0.4, 0.5) is 0 Å². The first-order valence-electron chi connectivity index (χ1n) is 2.68. The van der Waals surface area contributed by atoms with Crippen molar-refractivity contribution < 1.29 is 4.79 Å². The molecule has 0 N–H and O–H groups in total. The van der Waals surface area contributed by atoms with Gasteiger partial charge in [-0.15, -0.1) is 0 Å². The highest BCUT2D eigenvalue weighted by Crippen LogP contribution is 2.06. The van der Waals surface area contributed by atoms with E-state index in [1.807, 2.05) is 0 Å². The van der Waals surface area contributed by atoms with E-state index < -0.39 is 0 Å². The fraction of sp³-hybridized carbons (Fsp3) is 0.167. The lowest BCUT2D eigenvalue weighted by atomic mass is 10.4. The van der Waals surface area contributed by atoms with Gasteiger partial charge in [-0.2, -0.15) is 0 Å². The molecule has 0 unspecified atom stereocenters. The van der Waals surface area contributed by atoms with Gasteiger partial charge in [0, 0.05) is 6.20 Å². The highest BCUT2D eigenvalue weighted by Gasteiger charge is 1.99.